The van der Waals surface area contributed by atoms with Gasteiger partial charge in [0.05, 0.1) is 6.20 Å². The third-order valence-electron chi connectivity index (χ3n) is 6.72. The van der Waals surface area contributed by atoms with Crippen molar-refractivity contribution in [2.24, 2.45) is 10.8 Å². The number of hydrogen-bond donors (Lipinski definition) is 2. The number of pyridine rings is 1. The van der Waals surface area contributed by atoms with E-state index in [2.05, 4.69) is 128 Å². The molecule has 0 unspecified atom stereocenters. The lowest BCUT2D eigenvalue weighted by Crippen LogP contribution is -2.42. The van der Waals surface area contributed by atoms with Gasteiger partial charge in [-0.15, -0.1) is 0 Å². The Hall–Kier alpha value is -2.37. The molecule has 2 N–H and O–H groups in total. The van der Waals surface area contributed by atoms with E-state index in [0.717, 1.165) is 55.1 Å². The average Bonchev–Trinajstić information content (AvgIpc) is 2.83. The van der Waals surface area contributed by atoms with Crippen LogP contribution < -0.4 is 20.1 Å². The Bertz CT molecular complexity index is 1040. The minimum absolute atomic E-state index is 0.0221. The summed E-state index contributed by atoms with van der Waals surface area (Å²) in [6.07, 6.45) is 9.60. The second kappa shape index (κ2) is 14.5. The first-order valence-corrected chi connectivity index (χ1v) is 15.0. The summed E-state index contributed by atoms with van der Waals surface area (Å²) in [6, 6.07) is 12.5. The van der Waals surface area contributed by atoms with Crippen molar-refractivity contribution in [3.8, 4) is 11.5 Å². The highest BCUT2D eigenvalue weighted by molar-refractivity contribution is 5.52. The van der Waals surface area contributed by atoms with Crippen molar-refractivity contribution in [2.75, 3.05) is 19.7 Å². The molecule has 1 aromatic carbocycles. The monoisotopic (exact) mass is 551 g/mol. The van der Waals surface area contributed by atoms with E-state index >= 15 is 0 Å². The number of rotatable bonds is 15. The van der Waals surface area contributed by atoms with Gasteiger partial charge in [-0.3, -0.25) is 4.98 Å². The molecule has 5 heteroatoms. The summed E-state index contributed by atoms with van der Waals surface area (Å²) in [5.74, 6) is 1.74. The summed E-state index contributed by atoms with van der Waals surface area (Å²) in [6.45, 7) is 26.7. The third kappa shape index (κ3) is 14.9. The molecule has 2 aromatic rings. The number of nitrogens with one attached hydrogen (secondary N) is 2. The van der Waals surface area contributed by atoms with Crippen molar-refractivity contribution < 1.29 is 9.47 Å². The van der Waals surface area contributed by atoms with Gasteiger partial charge in [0.1, 0.15) is 24.2 Å². The third-order valence-corrected chi connectivity index (χ3v) is 6.72. The maximum absolute atomic E-state index is 6.15. The zero-order valence-corrected chi connectivity index (χ0v) is 27.3. The lowest BCUT2D eigenvalue weighted by Gasteiger charge is -2.30. The van der Waals surface area contributed by atoms with Gasteiger partial charge in [-0.2, -0.15) is 0 Å². The molecule has 0 aliphatic rings. The zero-order valence-electron chi connectivity index (χ0n) is 27.3. The maximum atomic E-state index is 6.15. The zero-order chi connectivity index (χ0) is 30.0. The van der Waals surface area contributed by atoms with Crippen LogP contribution in [0.4, 0.5) is 0 Å². The first-order valence-electron chi connectivity index (χ1n) is 15.0. The second-order valence-electron chi connectivity index (χ2n) is 14.8. The summed E-state index contributed by atoms with van der Waals surface area (Å²) in [7, 11) is 0. The van der Waals surface area contributed by atoms with E-state index < -0.39 is 0 Å². The molecule has 0 saturated carbocycles. The van der Waals surface area contributed by atoms with Crippen LogP contribution in [0.15, 0.2) is 48.7 Å². The Morgan fingerprint density at radius 3 is 2.23 bits per heavy atom. The molecule has 224 valence electrons. The maximum Gasteiger partial charge on any atom is 0.137 e. The Balaban J connectivity index is 1.77. The molecule has 1 atom stereocenters. The molecular formula is C35H57N3O2. The molecule has 40 heavy (non-hydrogen) atoms. The molecular weight excluding hydrogens is 494 g/mol. The summed E-state index contributed by atoms with van der Waals surface area (Å²) < 4.78 is 12.1. The van der Waals surface area contributed by atoms with Gasteiger partial charge in [-0.1, -0.05) is 58.9 Å². The van der Waals surface area contributed by atoms with Gasteiger partial charge < -0.3 is 20.1 Å². The van der Waals surface area contributed by atoms with Crippen LogP contribution >= 0.6 is 0 Å². The standard InChI is InChI=1S/C35H57N3O2/c1-27(25-38-33(5,6)7)40-30-14-12-13-28(23-30)17-18-34(8,9)19-20-35(10,11)37-21-22-39-31-16-15-29(36-26-31)24-32(2,3)4/h12-18,23,26-27,37-38H,19-22,24-25H2,1-11H3/b18-17+/t27-/m0/s1. The Labute approximate surface area is 245 Å². The van der Waals surface area contributed by atoms with Gasteiger partial charge in [-0.25, -0.2) is 0 Å². The van der Waals surface area contributed by atoms with E-state index in [0.29, 0.717) is 6.61 Å². The van der Waals surface area contributed by atoms with Crippen LogP contribution in [-0.4, -0.2) is 41.9 Å². The molecule has 0 aliphatic carbocycles. The molecule has 0 amide bonds. The van der Waals surface area contributed by atoms with E-state index in [9.17, 15) is 0 Å². The van der Waals surface area contributed by atoms with Crippen molar-refractivity contribution >= 4 is 6.08 Å². The largest absolute Gasteiger partial charge is 0.491 e. The number of ether oxygens (including phenoxy) is 2. The van der Waals surface area contributed by atoms with Crippen LogP contribution in [0.3, 0.4) is 0 Å². The Morgan fingerprint density at radius 1 is 0.875 bits per heavy atom. The van der Waals surface area contributed by atoms with E-state index in [4.69, 9.17) is 9.47 Å². The molecule has 0 fully saturated rings. The molecule has 0 saturated heterocycles. The molecule has 0 bridgehead atoms. The number of hydrogen-bond acceptors (Lipinski definition) is 5. The van der Waals surface area contributed by atoms with Crippen LogP contribution in [0.25, 0.3) is 6.08 Å². The van der Waals surface area contributed by atoms with Gasteiger partial charge >= 0.3 is 0 Å². The first kappa shape index (κ1) is 33.8. The SMILES string of the molecule is C[C@@H](CNC(C)(C)C)Oc1cccc(/C=C/C(C)(C)CCC(C)(C)NCCOc2ccc(CC(C)(C)C)nc2)c1. The van der Waals surface area contributed by atoms with Gasteiger partial charge in [-0.05, 0) is 101 Å². The Morgan fingerprint density at radius 2 is 1.60 bits per heavy atom. The molecule has 1 aromatic heterocycles. The summed E-state index contributed by atoms with van der Waals surface area (Å²) in [5.41, 5.74) is 2.69. The van der Waals surface area contributed by atoms with Crippen LogP contribution in [0, 0.1) is 10.8 Å². The average molecular weight is 552 g/mol. The number of aromatic nitrogens is 1. The second-order valence-corrected chi connectivity index (χ2v) is 14.8. The van der Waals surface area contributed by atoms with Crippen LogP contribution in [0.5, 0.6) is 11.5 Å². The predicted octanol–water partition coefficient (Wildman–Crippen LogP) is 8.09. The van der Waals surface area contributed by atoms with Crippen molar-refractivity contribution in [3.05, 3.63) is 59.9 Å². The van der Waals surface area contributed by atoms with Gasteiger partial charge in [0, 0.05) is 29.9 Å². The van der Waals surface area contributed by atoms with E-state index in [1.807, 2.05) is 18.3 Å². The fourth-order valence-corrected chi connectivity index (χ4v) is 4.25. The van der Waals surface area contributed by atoms with Crippen molar-refractivity contribution in [3.63, 3.8) is 0 Å². The molecule has 2 rings (SSSR count). The predicted molar refractivity (Wildman–Crippen MR) is 171 cm³/mol. The number of allylic oxidation sites excluding steroid dienone is 1. The smallest absolute Gasteiger partial charge is 0.137 e. The highest BCUT2D eigenvalue weighted by atomic mass is 16.5. The fraction of sp³-hybridized carbons (Fsp3) is 0.629. The van der Waals surface area contributed by atoms with Crippen LogP contribution in [0.1, 0.15) is 100 Å². The Kier molecular flexibility index (Phi) is 12.3. The number of benzene rings is 1. The molecule has 5 nitrogen and oxygen atoms in total. The summed E-state index contributed by atoms with van der Waals surface area (Å²) in [4.78, 5) is 4.56. The number of nitrogens with zero attached hydrogens (tertiary/aromatic N) is 1. The van der Waals surface area contributed by atoms with Gasteiger partial charge in [0.25, 0.3) is 0 Å². The minimum atomic E-state index is 0.0221. The normalized spacial score (nSPS) is 14.0. The van der Waals surface area contributed by atoms with Crippen molar-refractivity contribution in [1.82, 2.24) is 15.6 Å². The van der Waals surface area contributed by atoms with Crippen LogP contribution in [-0.2, 0) is 6.42 Å². The van der Waals surface area contributed by atoms with E-state index in [1.54, 1.807) is 0 Å². The first-order chi connectivity index (χ1) is 18.4. The highest BCUT2D eigenvalue weighted by Gasteiger charge is 2.22. The molecule has 0 spiro atoms. The lowest BCUT2D eigenvalue weighted by atomic mass is 9.82. The van der Waals surface area contributed by atoms with Crippen molar-refractivity contribution in [1.29, 1.82) is 0 Å². The molecule has 1 heterocycles. The van der Waals surface area contributed by atoms with E-state index in [-0.39, 0.29) is 28.0 Å². The lowest BCUT2D eigenvalue weighted by molar-refractivity contribution is 0.203. The van der Waals surface area contributed by atoms with Gasteiger partial charge in [0.2, 0.25) is 0 Å². The molecule has 0 aliphatic heterocycles. The van der Waals surface area contributed by atoms with Crippen LogP contribution in [0.2, 0.25) is 0 Å². The summed E-state index contributed by atoms with van der Waals surface area (Å²) in [5, 5.41) is 7.18. The van der Waals surface area contributed by atoms with Crippen molar-refractivity contribution in [2.45, 2.75) is 113 Å². The summed E-state index contributed by atoms with van der Waals surface area (Å²) >= 11 is 0. The molecule has 0 radical (unpaired) electrons. The van der Waals surface area contributed by atoms with E-state index in [1.165, 1.54) is 0 Å². The topological polar surface area (TPSA) is 55.4 Å². The minimum Gasteiger partial charge on any atom is -0.491 e. The quantitative estimate of drug-likeness (QED) is 0.219. The highest BCUT2D eigenvalue weighted by Crippen LogP contribution is 2.29. The fourth-order valence-electron chi connectivity index (χ4n) is 4.25. The van der Waals surface area contributed by atoms with Gasteiger partial charge in [0.15, 0.2) is 0 Å².